The van der Waals surface area contributed by atoms with E-state index >= 15 is 0 Å². The van der Waals surface area contributed by atoms with Crippen molar-refractivity contribution in [1.29, 1.82) is 0 Å². The predicted molar refractivity (Wildman–Crippen MR) is 54.0 cm³/mol. The molecule has 96 valence electrons. The highest BCUT2D eigenvalue weighted by molar-refractivity contribution is 6.02. The minimum atomic E-state index is -4.87. The molecule has 1 aromatic heterocycles. The highest BCUT2D eigenvalue weighted by Crippen LogP contribution is 2.25. The number of nitrogens with zero attached hydrogens (tertiary/aromatic N) is 2. The van der Waals surface area contributed by atoms with Gasteiger partial charge in [-0.15, -0.1) is 0 Å². The third kappa shape index (κ3) is 2.85. The topological polar surface area (TPSA) is 44.1 Å². The van der Waals surface area contributed by atoms with Crippen LogP contribution in [0.2, 0.25) is 0 Å². The Balaban J connectivity index is 3.09. The van der Waals surface area contributed by atoms with Crippen molar-refractivity contribution in [2.75, 3.05) is 13.7 Å². The molecule has 0 spiro atoms. The Hall–Kier alpha value is -1.37. The first kappa shape index (κ1) is 13.7. The van der Waals surface area contributed by atoms with Crippen LogP contribution in [0.3, 0.4) is 0 Å². The van der Waals surface area contributed by atoms with Crippen LogP contribution in [0.4, 0.5) is 13.2 Å². The van der Waals surface area contributed by atoms with Gasteiger partial charge in [-0.25, -0.2) is 0 Å². The summed E-state index contributed by atoms with van der Waals surface area (Å²) in [6, 6.07) is 0. The second-order valence-corrected chi connectivity index (χ2v) is 3.59. The first-order valence-electron chi connectivity index (χ1n) is 4.93. The Morgan fingerprint density at radius 1 is 1.41 bits per heavy atom. The second kappa shape index (κ2) is 4.87. The molecular formula is C10H13F3N2O2. The minimum Gasteiger partial charge on any atom is -0.383 e. The number of hydrogen-bond donors (Lipinski definition) is 0. The minimum absolute atomic E-state index is 0.0842. The van der Waals surface area contributed by atoms with Gasteiger partial charge in [-0.3, -0.25) is 9.48 Å². The van der Waals surface area contributed by atoms with E-state index in [1.807, 2.05) is 0 Å². The quantitative estimate of drug-likeness (QED) is 0.766. The Kier molecular flexibility index (Phi) is 3.92. The van der Waals surface area contributed by atoms with Gasteiger partial charge in [0.2, 0.25) is 0 Å². The standard InChI is InChI=1S/C10H13F3N2O2/c1-6-8(9(16)10(11,12)13)7(2)15(14-6)4-5-17-3/h4-5H2,1-3H3. The monoisotopic (exact) mass is 250 g/mol. The van der Waals surface area contributed by atoms with E-state index in [2.05, 4.69) is 5.10 Å². The molecule has 0 amide bonds. The Labute approximate surface area is 96.4 Å². The van der Waals surface area contributed by atoms with Gasteiger partial charge in [-0.1, -0.05) is 0 Å². The second-order valence-electron chi connectivity index (χ2n) is 3.59. The zero-order chi connectivity index (χ0) is 13.2. The molecule has 0 unspecified atom stereocenters. The van der Waals surface area contributed by atoms with Crippen molar-refractivity contribution in [3.05, 3.63) is 17.0 Å². The lowest BCUT2D eigenvalue weighted by atomic mass is 10.1. The van der Waals surface area contributed by atoms with E-state index in [9.17, 15) is 18.0 Å². The van der Waals surface area contributed by atoms with E-state index in [1.165, 1.54) is 25.6 Å². The van der Waals surface area contributed by atoms with Crippen LogP contribution in [0.5, 0.6) is 0 Å². The summed E-state index contributed by atoms with van der Waals surface area (Å²) >= 11 is 0. The predicted octanol–water partition coefficient (Wildman–Crippen LogP) is 1.89. The third-order valence-corrected chi connectivity index (χ3v) is 2.37. The lowest BCUT2D eigenvalue weighted by Gasteiger charge is -2.06. The average Bonchev–Trinajstić information content (AvgIpc) is 2.49. The summed E-state index contributed by atoms with van der Waals surface area (Å²) in [6.45, 7) is 3.46. The average molecular weight is 250 g/mol. The van der Waals surface area contributed by atoms with E-state index in [-0.39, 0.29) is 17.0 Å². The number of ether oxygens (including phenoxy) is 1. The molecule has 1 rings (SSSR count). The summed E-state index contributed by atoms with van der Waals surface area (Å²) in [5, 5.41) is 3.90. The molecule has 0 fully saturated rings. The van der Waals surface area contributed by atoms with Crippen molar-refractivity contribution in [1.82, 2.24) is 9.78 Å². The van der Waals surface area contributed by atoms with Crippen LogP contribution in [0.15, 0.2) is 0 Å². The van der Waals surface area contributed by atoms with Gasteiger partial charge in [-0.2, -0.15) is 18.3 Å². The van der Waals surface area contributed by atoms with Gasteiger partial charge in [0.1, 0.15) is 0 Å². The fraction of sp³-hybridized carbons (Fsp3) is 0.600. The van der Waals surface area contributed by atoms with Crippen LogP contribution in [0.1, 0.15) is 21.7 Å². The first-order valence-corrected chi connectivity index (χ1v) is 4.93. The molecule has 4 nitrogen and oxygen atoms in total. The highest BCUT2D eigenvalue weighted by atomic mass is 19.4. The number of Topliss-reactive ketones (excluding diaryl/α,β-unsaturated/α-hetero) is 1. The van der Waals surface area contributed by atoms with Gasteiger partial charge in [0, 0.05) is 12.8 Å². The number of carbonyl (C=O) groups is 1. The van der Waals surface area contributed by atoms with Crippen LogP contribution in [0, 0.1) is 13.8 Å². The maximum Gasteiger partial charge on any atom is 0.455 e. The fourth-order valence-electron chi connectivity index (χ4n) is 1.56. The molecule has 1 aromatic rings. The van der Waals surface area contributed by atoms with Crippen LogP contribution in [-0.4, -0.2) is 35.5 Å². The van der Waals surface area contributed by atoms with E-state index < -0.39 is 12.0 Å². The van der Waals surface area contributed by atoms with Crippen molar-refractivity contribution in [2.45, 2.75) is 26.6 Å². The van der Waals surface area contributed by atoms with E-state index in [4.69, 9.17) is 4.74 Å². The van der Waals surface area contributed by atoms with Crippen molar-refractivity contribution in [2.24, 2.45) is 0 Å². The Morgan fingerprint density at radius 2 is 2.00 bits per heavy atom. The summed E-state index contributed by atoms with van der Waals surface area (Å²) in [4.78, 5) is 11.2. The fourth-order valence-corrected chi connectivity index (χ4v) is 1.56. The normalized spacial score (nSPS) is 11.9. The lowest BCUT2D eigenvalue weighted by molar-refractivity contribution is -0.0886. The van der Waals surface area contributed by atoms with Crippen LogP contribution >= 0.6 is 0 Å². The smallest absolute Gasteiger partial charge is 0.383 e. The van der Waals surface area contributed by atoms with E-state index in [0.717, 1.165) is 0 Å². The number of aromatic nitrogens is 2. The third-order valence-electron chi connectivity index (χ3n) is 2.37. The van der Waals surface area contributed by atoms with Crippen LogP contribution < -0.4 is 0 Å². The lowest BCUT2D eigenvalue weighted by Crippen LogP contribution is -2.24. The summed E-state index contributed by atoms with van der Waals surface area (Å²) in [5.41, 5.74) is -0.0728. The molecule has 0 aliphatic heterocycles. The number of carbonyl (C=O) groups excluding carboxylic acids is 1. The maximum atomic E-state index is 12.3. The van der Waals surface area contributed by atoms with Crippen LogP contribution in [-0.2, 0) is 11.3 Å². The summed E-state index contributed by atoms with van der Waals surface area (Å²) in [7, 11) is 1.48. The number of rotatable bonds is 4. The largest absolute Gasteiger partial charge is 0.455 e. The number of aryl methyl sites for hydroxylation is 1. The molecular weight excluding hydrogens is 237 g/mol. The molecule has 1 heterocycles. The molecule has 0 aliphatic rings. The van der Waals surface area contributed by atoms with Crippen molar-refractivity contribution in [3.63, 3.8) is 0 Å². The van der Waals surface area contributed by atoms with Gasteiger partial charge >= 0.3 is 6.18 Å². The van der Waals surface area contributed by atoms with Gasteiger partial charge in [0.05, 0.1) is 24.4 Å². The number of methoxy groups -OCH3 is 1. The van der Waals surface area contributed by atoms with Crippen molar-refractivity contribution < 1.29 is 22.7 Å². The molecule has 0 N–H and O–H groups in total. The summed E-state index contributed by atoms with van der Waals surface area (Å²) in [6.07, 6.45) is -4.87. The van der Waals surface area contributed by atoms with E-state index in [1.54, 1.807) is 0 Å². The molecule has 0 atom stereocenters. The SMILES string of the molecule is COCCn1nc(C)c(C(=O)C(F)(F)F)c1C. The zero-order valence-electron chi connectivity index (χ0n) is 9.76. The maximum absolute atomic E-state index is 12.3. The molecule has 0 saturated heterocycles. The van der Waals surface area contributed by atoms with E-state index in [0.29, 0.717) is 13.2 Å². The van der Waals surface area contributed by atoms with Gasteiger partial charge in [0.25, 0.3) is 5.78 Å². The number of halogens is 3. The van der Waals surface area contributed by atoms with Gasteiger partial charge < -0.3 is 4.74 Å². The molecule has 0 saturated carbocycles. The molecule has 0 aromatic carbocycles. The number of hydrogen-bond acceptors (Lipinski definition) is 3. The summed E-state index contributed by atoms with van der Waals surface area (Å²) < 4.78 is 43.2. The van der Waals surface area contributed by atoms with Gasteiger partial charge in [-0.05, 0) is 13.8 Å². The highest BCUT2D eigenvalue weighted by Gasteiger charge is 2.42. The number of ketones is 1. The first-order chi connectivity index (χ1) is 7.79. The van der Waals surface area contributed by atoms with Gasteiger partial charge in [0.15, 0.2) is 0 Å². The molecule has 0 bridgehead atoms. The van der Waals surface area contributed by atoms with Crippen molar-refractivity contribution in [3.8, 4) is 0 Å². The number of alkyl halides is 3. The Bertz CT molecular complexity index is 424. The molecule has 0 radical (unpaired) electrons. The summed E-state index contributed by atoms with van der Waals surface area (Å²) in [5.74, 6) is -1.85. The van der Waals surface area contributed by atoms with Crippen molar-refractivity contribution >= 4 is 5.78 Å². The zero-order valence-corrected chi connectivity index (χ0v) is 9.76. The molecule has 7 heteroatoms. The Morgan fingerprint density at radius 3 is 2.47 bits per heavy atom. The van der Waals surface area contributed by atoms with Crippen LogP contribution in [0.25, 0.3) is 0 Å². The molecule has 0 aliphatic carbocycles. The molecule has 17 heavy (non-hydrogen) atoms.